The van der Waals surface area contributed by atoms with E-state index >= 15 is 0 Å². The largest absolute Gasteiger partial charge is 0.497 e. The van der Waals surface area contributed by atoms with Crippen molar-refractivity contribution < 1.29 is 9.53 Å². The van der Waals surface area contributed by atoms with E-state index < -0.39 is 5.54 Å². The molecule has 1 heterocycles. The summed E-state index contributed by atoms with van der Waals surface area (Å²) in [6.07, 6.45) is 2.36. The van der Waals surface area contributed by atoms with Crippen molar-refractivity contribution >= 4 is 17.1 Å². The van der Waals surface area contributed by atoms with E-state index in [2.05, 4.69) is 4.98 Å². The molecular formula is C16H18N2O2S. The molecule has 2 N–H and O–H groups in total. The number of hydrogen-bond acceptors (Lipinski definition) is 5. The Bertz CT molecular complexity index is 695. The quantitative estimate of drug-likeness (QED) is 0.885. The van der Waals surface area contributed by atoms with Gasteiger partial charge in [-0.2, -0.15) is 0 Å². The SMILES string of the molecule is COc1cccc(C2(N)CCc3nc(C(C)=O)sc3C2)c1. The number of benzene rings is 1. The molecule has 0 aliphatic heterocycles. The summed E-state index contributed by atoms with van der Waals surface area (Å²) >= 11 is 1.48. The number of nitrogens with two attached hydrogens (primary N) is 1. The van der Waals surface area contributed by atoms with Gasteiger partial charge >= 0.3 is 0 Å². The summed E-state index contributed by atoms with van der Waals surface area (Å²) in [5.41, 5.74) is 8.34. The molecule has 1 unspecified atom stereocenters. The normalized spacial score (nSPS) is 20.9. The van der Waals surface area contributed by atoms with E-state index in [1.54, 1.807) is 14.0 Å². The summed E-state index contributed by atoms with van der Waals surface area (Å²) < 4.78 is 5.29. The van der Waals surface area contributed by atoms with Gasteiger partial charge in [0.2, 0.25) is 0 Å². The number of aromatic nitrogens is 1. The molecule has 0 radical (unpaired) electrons. The van der Waals surface area contributed by atoms with Gasteiger partial charge in [-0.25, -0.2) is 4.98 Å². The summed E-state index contributed by atoms with van der Waals surface area (Å²) in [6.45, 7) is 1.56. The van der Waals surface area contributed by atoms with E-state index in [0.29, 0.717) is 5.01 Å². The molecule has 0 spiro atoms. The second kappa shape index (κ2) is 5.24. The monoisotopic (exact) mass is 302 g/mol. The van der Waals surface area contributed by atoms with Crippen molar-refractivity contribution in [1.82, 2.24) is 4.98 Å². The molecule has 1 aromatic carbocycles. The van der Waals surface area contributed by atoms with E-state index in [4.69, 9.17) is 10.5 Å². The first kappa shape index (κ1) is 14.2. The third-order valence-electron chi connectivity index (χ3n) is 4.01. The molecule has 2 aromatic rings. The second-order valence-electron chi connectivity index (χ2n) is 5.51. The fourth-order valence-corrected chi connectivity index (χ4v) is 3.89. The van der Waals surface area contributed by atoms with Gasteiger partial charge in [-0.3, -0.25) is 4.79 Å². The molecule has 5 heteroatoms. The van der Waals surface area contributed by atoms with Crippen LogP contribution in [0.3, 0.4) is 0 Å². The maximum atomic E-state index is 11.5. The van der Waals surface area contributed by atoms with Crippen LogP contribution in [0, 0.1) is 0 Å². The summed E-state index contributed by atoms with van der Waals surface area (Å²) in [6, 6.07) is 7.92. The third kappa shape index (κ3) is 2.59. The topological polar surface area (TPSA) is 65.2 Å². The van der Waals surface area contributed by atoms with Crippen LogP contribution in [0.25, 0.3) is 0 Å². The maximum absolute atomic E-state index is 11.5. The van der Waals surface area contributed by atoms with Crippen LogP contribution < -0.4 is 10.5 Å². The molecule has 0 fully saturated rings. The van der Waals surface area contributed by atoms with Gasteiger partial charge in [-0.15, -0.1) is 11.3 Å². The number of rotatable bonds is 3. The third-order valence-corrected chi connectivity index (χ3v) is 5.21. The number of carbonyl (C=O) groups is 1. The molecule has 1 atom stereocenters. The number of fused-ring (bicyclic) bond motifs is 1. The van der Waals surface area contributed by atoms with Crippen LogP contribution in [0.2, 0.25) is 0 Å². The van der Waals surface area contributed by atoms with E-state index in [0.717, 1.165) is 41.1 Å². The zero-order chi connectivity index (χ0) is 15.0. The lowest BCUT2D eigenvalue weighted by Crippen LogP contribution is -2.41. The molecule has 1 aliphatic carbocycles. The van der Waals surface area contributed by atoms with Gasteiger partial charge in [0, 0.05) is 23.8 Å². The van der Waals surface area contributed by atoms with Crippen LogP contribution in [-0.4, -0.2) is 17.9 Å². The van der Waals surface area contributed by atoms with Gasteiger partial charge < -0.3 is 10.5 Å². The van der Waals surface area contributed by atoms with Crippen LogP contribution in [-0.2, 0) is 18.4 Å². The summed E-state index contributed by atoms with van der Waals surface area (Å²) in [4.78, 5) is 17.0. The van der Waals surface area contributed by atoms with Gasteiger partial charge in [0.05, 0.1) is 12.8 Å². The summed E-state index contributed by atoms with van der Waals surface area (Å²) in [5, 5.41) is 0.592. The van der Waals surface area contributed by atoms with Crippen molar-refractivity contribution in [3.05, 3.63) is 45.4 Å². The van der Waals surface area contributed by atoms with Gasteiger partial charge in [0.15, 0.2) is 10.8 Å². The highest BCUT2D eigenvalue weighted by molar-refractivity contribution is 7.13. The van der Waals surface area contributed by atoms with Crippen molar-refractivity contribution in [3.63, 3.8) is 0 Å². The Labute approximate surface area is 128 Å². The van der Waals surface area contributed by atoms with Crippen molar-refractivity contribution in [3.8, 4) is 5.75 Å². The summed E-state index contributed by atoms with van der Waals surface area (Å²) in [7, 11) is 1.66. The Morgan fingerprint density at radius 3 is 3.00 bits per heavy atom. The highest BCUT2D eigenvalue weighted by atomic mass is 32.1. The number of ketones is 1. The molecule has 0 amide bonds. The van der Waals surface area contributed by atoms with Crippen molar-refractivity contribution in [2.45, 2.75) is 31.7 Å². The predicted molar refractivity (Wildman–Crippen MR) is 83.0 cm³/mol. The lowest BCUT2D eigenvalue weighted by atomic mass is 9.78. The molecule has 1 aliphatic rings. The number of aryl methyl sites for hydroxylation is 1. The van der Waals surface area contributed by atoms with Crippen molar-refractivity contribution in [2.24, 2.45) is 5.73 Å². The minimum absolute atomic E-state index is 0.0263. The predicted octanol–water partition coefficient (Wildman–Crippen LogP) is 2.70. The number of methoxy groups -OCH3 is 1. The first-order valence-corrected chi connectivity index (χ1v) is 7.76. The molecule has 4 nitrogen and oxygen atoms in total. The van der Waals surface area contributed by atoms with Crippen LogP contribution in [0.4, 0.5) is 0 Å². The first-order chi connectivity index (χ1) is 10.0. The van der Waals surface area contributed by atoms with Crippen LogP contribution in [0.15, 0.2) is 24.3 Å². The van der Waals surface area contributed by atoms with E-state index in [-0.39, 0.29) is 5.78 Å². The van der Waals surface area contributed by atoms with E-state index in [9.17, 15) is 4.79 Å². The average molecular weight is 302 g/mol. The lowest BCUT2D eigenvalue weighted by Gasteiger charge is -2.33. The molecular weight excluding hydrogens is 284 g/mol. The maximum Gasteiger partial charge on any atom is 0.188 e. The average Bonchev–Trinajstić information content (AvgIpc) is 2.90. The van der Waals surface area contributed by atoms with E-state index in [1.165, 1.54) is 11.3 Å². The van der Waals surface area contributed by atoms with Gasteiger partial charge in [0.1, 0.15) is 5.75 Å². The van der Waals surface area contributed by atoms with Crippen LogP contribution in [0.5, 0.6) is 5.75 Å². The Morgan fingerprint density at radius 2 is 2.29 bits per heavy atom. The second-order valence-corrected chi connectivity index (χ2v) is 6.59. The molecule has 110 valence electrons. The smallest absolute Gasteiger partial charge is 0.188 e. The molecule has 0 saturated heterocycles. The number of Topliss-reactive ketones (excluding diaryl/α,β-unsaturated/α-hetero) is 1. The molecule has 3 rings (SSSR count). The number of ether oxygens (including phenoxy) is 1. The number of nitrogens with zero attached hydrogens (tertiary/aromatic N) is 1. The highest BCUT2D eigenvalue weighted by Crippen LogP contribution is 2.37. The van der Waals surface area contributed by atoms with Crippen LogP contribution in [0.1, 0.15) is 39.3 Å². The fraction of sp³-hybridized carbons (Fsp3) is 0.375. The van der Waals surface area contributed by atoms with Gasteiger partial charge in [0.25, 0.3) is 0 Å². The Hall–Kier alpha value is -1.72. The molecule has 0 saturated carbocycles. The van der Waals surface area contributed by atoms with Crippen molar-refractivity contribution in [1.29, 1.82) is 0 Å². The zero-order valence-corrected chi connectivity index (χ0v) is 13.0. The zero-order valence-electron chi connectivity index (χ0n) is 12.2. The number of carbonyl (C=O) groups excluding carboxylic acids is 1. The molecule has 21 heavy (non-hydrogen) atoms. The highest BCUT2D eigenvalue weighted by Gasteiger charge is 2.34. The Balaban J connectivity index is 1.94. The van der Waals surface area contributed by atoms with Crippen molar-refractivity contribution in [2.75, 3.05) is 7.11 Å². The Morgan fingerprint density at radius 1 is 1.48 bits per heavy atom. The first-order valence-electron chi connectivity index (χ1n) is 6.95. The van der Waals surface area contributed by atoms with Crippen LogP contribution >= 0.6 is 11.3 Å². The molecule has 0 bridgehead atoms. The van der Waals surface area contributed by atoms with Gasteiger partial charge in [-0.1, -0.05) is 12.1 Å². The fourth-order valence-electron chi connectivity index (χ4n) is 2.76. The minimum Gasteiger partial charge on any atom is -0.497 e. The van der Waals surface area contributed by atoms with E-state index in [1.807, 2.05) is 24.3 Å². The molecule has 1 aromatic heterocycles. The number of thiazole rings is 1. The standard InChI is InChI=1S/C16H18N2O2S/c1-10(19)15-18-13-6-7-16(17,9-14(13)21-15)11-4-3-5-12(8-11)20-2/h3-5,8H,6-7,9,17H2,1-2H3. The van der Waals surface area contributed by atoms with Gasteiger partial charge in [-0.05, 0) is 30.5 Å². The minimum atomic E-state index is -0.415. The lowest BCUT2D eigenvalue weighted by molar-refractivity contribution is 0.101. The summed E-state index contributed by atoms with van der Waals surface area (Å²) in [5.74, 6) is 0.843. The Kier molecular flexibility index (Phi) is 3.55. The number of hydrogen-bond donors (Lipinski definition) is 1.